The lowest BCUT2D eigenvalue weighted by molar-refractivity contribution is 0.111. The fraction of sp³-hybridized carbons (Fsp3) is 0.267. The Labute approximate surface area is 107 Å². The van der Waals surface area contributed by atoms with Crippen LogP contribution in [-0.2, 0) is 0 Å². The minimum atomic E-state index is 0.239. The van der Waals surface area contributed by atoms with Crippen LogP contribution in [-0.4, -0.2) is 16.3 Å². The predicted molar refractivity (Wildman–Crippen MR) is 71.8 cm³/mol. The van der Waals surface area contributed by atoms with E-state index in [-0.39, 0.29) is 5.82 Å². The molecule has 1 aromatic heterocycles. The normalized spacial score (nSPS) is 10.4. The van der Waals surface area contributed by atoms with Gasteiger partial charge < -0.3 is 0 Å². The Kier molecular flexibility index (Phi) is 3.24. The molecule has 2 rings (SSSR count). The van der Waals surface area contributed by atoms with Crippen LogP contribution in [0, 0.1) is 27.7 Å². The Morgan fingerprint density at radius 3 is 2.22 bits per heavy atom. The first-order chi connectivity index (χ1) is 8.51. The molecule has 92 valence electrons. The van der Waals surface area contributed by atoms with Gasteiger partial charge >= 0.3 is 0 Å². The molecule has 0 aliphatic carbocycles. The van der Waals surface area contributed by atoms with Gasteiger partial charge in [0.1, 0.15) is 0 Å². The van der Waals surface area contributed by atoms with E-state index >= 15 is 0 Å². The highest BCUT2D eigenvalue weighted by Crippen LogP contribution is 2.25. The lowest BCUT2D eigenvalue weighted by atomic mass is 9.98. The third kappa shape index (κ3) is 2.30. The van der Waals surface area contributed by atoms with Gasteiger partial charge in [-0.2, -0.15) is 0 Å². The number of aromatic nitrogens is 2. The Morgan fingerprint density at radius 2 is 1.56 bits per heavy atom. The molecule has 0 N–H and O–H groups in total. The molecule has 0 bridgehead atoms. The number of hydrogen-bond acceptors (Lipinski definition) is 3. The van der Waals surface area contributed by atoms with Crippen molar-refractivity contribution in [1.82, 2.24) is 9.97 Å². The molecule has 1 aromatic carbocycles. The summed E-state index contributed by atoms with van der Waals surface area (Å²) in [5.74, 6) is 0.239. The van der Waals surface area contributed by atoms with Gasteiger partial charge in [-0.1, -0.05) is 6.07 Å². The molecule has 0 fully saturated rings. The monoisotopic (exact) mass is 240 g/mol. The first-order valence-corrected chi connectivity index (χ1v) is 5.90. The van der Waals surface area contributed by atoms with E-state index < -0.39 is 0 Å². The fourth-order valence-corrected chi connectivity index (χ4v) is 2.02. The van der Waals surface area contributed by atoms with E-state index in [1.807, 2.05) is 13.0 Å². The zero-order valence-electron chi connectivity index (χ0n) is 11.1. The van der Waals surface area contributed by atoms with E-state index in [2.05, 4.69) is 42.9 Å². The Bertz CT molecular complexity index is 618. The number of aldehydes is 1. The van der Waals surface area contributed by atoms with Gasteiger partial charge in [-0.15, -0.1) is 0 Å². The number of aryl methyl sites for hydroxylation is 4. The third-order valence-corrected chi connectivity index (χ3v) is 3.09. The fourth-order valence-electron chi connectivity index (χ4n) is 2.02. The standard InChI is InChI=1S/C15H16N2O/c1-9-5-11(3)13(6-10(9)2)14-7-12(4)16-15(8-18)17-14/h5-8H,1-4H3. The maximum absolute atomic E-state index is 10.8. The SMILES string of the molecule is Cc1cc(-c2cc(C)c(C)cc2C)nc(C=O)n1. The van der Waals surface area contributed by atoms with Crippen molar-refractivity contribution in [3.63, 3.8) is 0 Å². The van der Waals surface area contributed by atoms with Gasteiger partial charge in [0.2, 0.25) is 0 Å². The van der Waals surface area contributed by atoms with E-state index in [1.165, 1.54) is 11.1 Å². The maximum Gasteiger partial charge on any atom is 0.193 e. The number of carbonyl (C=O) groups excluding carboxylic acids is 1. The van der Waals surface area contributed by atoms with Crippen molar-refractivity contribution in [3.8, 4) is 11.3 Å². The molecule has 0 atom stereocenters. The number of hydrogen-bond donors (Lipinski definition) is 0. The van der Waals surface area contributed by atoms with Gasteiger partial charge in [-0.05, 0) is 56.5 Å². The van der Waals surface area contributed by atoms with E-state index in [1.54, 1.807) is 0 Å². The van der Waals surface area contributed by atoms with Crippen LogP contribution in [0.1, 0.15) is 33.0 Å². The Balaban J connectivity index is 2.65. The second-order valence-corrected chi connectivity index (χ2v) is 4.62. The van der Waals surface area contributed by atoms with Crippen molar-refractivity contribution in [2.75, 3.05) is 0 Å². The molecule has 18 heavy (non-hydrogen) atoms. The summed E-state index contributed by atoms with van der Waals surface area (Å²) in [6.07, 6.45) is 0.687. The molecule has 0 radical (unpaired) electrons. The van der Waals surface area contributed by atoms with E-state index in [0.29, 0.717) is 6.29 Å². The summed E-state index contributed by atoms with van der Waals surface area (Å²) in [4.78, 5) is 19.2. The topological polar surface area (TPSA) is 42.9 Å². The van der Waals surface area contributed by atoms with Crippen LogP contribution in [0.4, 0.5) is 0 Å². The Hall–Kier alpha value is -2.03. The molecular formula is C15H16N2O. The molecule has 0 unspecified atom stereocenters. The molecule has 0 aliphatic rings. The van der Waals surface area contributed by atoms with Crippen LogP contribution in [0.25, 0.3) is 11.3 Å². The molecule has 0 saturated carbocycles. The minimum absolute atomic E-state index is 0.239. The second kappa shape index (κ2) is 4.69. The second-order valence-electron chi connectivity index (χ2n) is 4.62. The zero-order valence-corrected chi connectivity index (χ0v) is 11.1. The lowest BCUT2D eigenvalue weighted by Gasteiger charge is -2.10. The number of nitrogens with zero attached hydrogens (tertiary/aromatic N) is 2. The van der Waals surface area contributed by atoms with Crippen molar-refractivity contribution < 1.29 is 4.79 Å². The van der Waals surface area contributed by atoms with Crippen LogP contribution in [0.5, 0.6) is 0 Å². The molecular weight excluding hydrogens is 224 g/mol. The van der Waals surface area contributed by atoms with Crippen LogP contribution in [0.15, 0.2) is 18.2 Å². The highest BCUT2D eigenvalue weighted by molar-refractivity contribution is 5.72. The first kappa shape index (κ1) is 12.4. The molecule has 3 heteroatoms. The molecule has 0 amide bonds. The van der Waals surface area contributed by atoms with Gasteiger partial charge in [0.15, 0.2) is 12.1 Å². The van der Waals surface area contributed by atoms with Gasteiger partial charge in [0.05, 0.1) is 5.69 Å². The third-order valence-electron chi connectivity index (χ3n) is 3.09. The largest absolute Gasteiger partial charge is 0.294 e. The van der Waals surface area contributed by atoms with Crippen molar-refractivity contribution in [2.24, 2.45) is 0 Å². The van der Waals surface area contributed by atoms with Gasteiger partial charge in [-0.25, -0.2) is 9.97 Å². The average molecular weight is 240 g/mol. The van der Waals surface area contributed by atoms with Crippen molar-refractivity contribution in [2.45, 2.75) is 27.7 Å². The quantitative estimate of drug-likeness (QED) is 0.757. The summed E-state index contributed by atoms with van der Waals surface area (Å²) in [5, 5.41) is 0. The van der Waals surface area contributed by atoms with Gasteiger partial charge in [0.25, 0.3) is 0 Å². The van der Waals surface area contributed by atoms with Crippen LogP contribution in [0.2, 0.25) is 0 Å². The van der Waals surface area contributed by atoms with Crippen molar-refractivity contribution >= 4 is 6.29 Å². The van der Waals surface area contributed by atoms with E-state index in [0.717, 1.165) is 22.5 Å². The van der Waals surface area contributed by atoms with Crippen LogP contribution in [0.3, 0.4) is 0 Å². The number of rotatable bonds is 2. The lowest BCUT2D eigenvalue weighted by Crippen LogP contribution is -1.99. The zero-order chi connectivity index (χ0) is 13.3. The summed E-state index contributed by atoms with van der Waals surface area (Å²) >= 11 is 0. The molecule has 1 heterocycles. The van der Waals surface area contributed by atoms with Gasteiger partial charge in [-0.3, -0.25) is 4.79 Å². The number of benzene rings is 1. The summed E-state index contributed by atoms with van der Waals surface area (Å²) < 4.78 is 0. The summed E-state index contributed by atoms with van der Waals surface area (Å²) in [6.45, 7) is 8.09. The molecule has 0 saturated heterocycles. The molecule has 3 nitrogen and oxygen atoms in total. The molecule has 0 spiro atoms. The summed E-state index contributed by atoms with van der Waals surface area (Å²) in [7, 11) is 0. The van der Waals surface area contributed by atoms with Crippen LogP contribution < -0.4 is 0 Å². The highest BCUT2D eigenvalue weighted by atomic mass is 16.1. The Morgan fingerprint density at radius 1 is 0.889 bits per heavy atom. The predicted octanol–water partition coefficient (Wildman–Crippen LogP) is 3.19. The molecule has 2 aromatic rings. The maximum atomic E-state index is 10.8. The van der Waals surface area contributed by atoms with Crippen LogP contribution >= 0.6 is 0 Å². The van der Waals surface area contributed by atoms with Crippen molar-refractivity contribution in [1.29, 1.82) is 0 Å². The average Bonchev–Trinajstić information content (AvgIpc) is 2.33. The van der Waals surface area contributed by atoms with Gasteiger partial charge in [0, 0.05) is 11.3 Å². The number of carbonyl (C=O) groups is 1. The van der Waals surface area contributed by atoms with Crippen molar-refractivity contribution in [3.05, 3.63) is 46.4 Å². The van der Waals surface area contributed by atoms with E-state index in [9.17, 15) is 4.79 Å². The smallest absolute Gasteiger partial charge is 0.193 e. The first-order valence-electron chi connectivity index (χ1n) is 5.90. The molecule has 0 aliphatic heterocycles. The summed E-state index contributed by atoms with van der Waals surface area (Å²) in [6, 6.07) is 6.16. The van der Waals surface area contributed by atoms with E-state index in [4.69, 9.17) is 0 Å². The summed E-state index contributed by atoms with van der Waals surface area (Å²) in [5.41, 5.74) is 6.32. The highest BCUT2D eigenvalue weighted by Gasteiger charge is 2.08. The minimum Gasteiger partial charge on any atom is -0.294 e.